The van der Waals surface area contributed by atoms with Gasteiger partial charge >= 0.3 is 6.09 Å². The van der Waals surface area contributed by atoms with Gasteiger partial charge in [0.1, 0.15) is 0 Å². The van der Waals surface area contributed by atoms with Crippen LogP contribution in [0.3, 0.4) is 0 Å². The maximum Gasteiger partial charge on any atom is 0.433 e. The van der Waals surface area contributed by atoms with Crippen LogP contribution in [-0.4, -0.2) is 29.9 Å². The predicted octanol–water partition coefficient (Wildman–Crippen LogP) is 1.75. The van der Waals surface area contributed by atoms with E-state index in [0.29, 0.717) is 5.71 Å². The molecule has 0 unspecified atom stereocenters. The Morgan fingerprint density at radius 2 is 2.27 bits per heavy atom. The highest BCUT2D eigenvalue weighted by molar-refractivity contribution is 8.00. The first-order valence-electron chi connectivity index (χ1n) is 4.36. The van der Waals surface area contributed by atoms with Gasteiger partial charge in [0.25, 0.3) is 0 Å². The molecule has 1 N–H and O–H groups in total. The summed E-state index contributed by atoms with van der Waals surface area (Å²) in [4.78, 5) is 15.4. The van der Waals surface area contributed by atoms with E-state index in [9.17, 15) is 4.79 Å². The first-order chi connectivity index (χ1) is 6.97. The van der Waals surface area contributed by atoms with Crippen LogP contribution in [0.1, 0.15) is 20.3 Å². The Labute approximate surface area is 93.8 Å². The topological polar surface area (TPSA) is 74.5 Å². The van der Waals surface area contributed by atoms with Crippen molar-refractivity contribution in [3.8, 4) is 6.07 Å². The van der Waals surface area contributed by atoms with Crippen LogP contribution in [-0.2, 0) is 4.84 Å². The minimum Gasteiger partial charge on any atom is -0.323 e. The molecule has 0 aliphatic heterocycles. The number of rotatable bonds is 4. The van der Waals surface area contributed by atoms with Gasteiger partial charge in [0, 0.05) is 7.05 Å². The smallest absolute Gasteiger partial charge is 0.323 e. The highest BCUT2D eigenvalue weighted by atomic mass is 32.2. The Morgan fingerprint density at radius 3 is 2.67 bits per heavy atom. The third kappa shape index (κ3) is 4.70. The van der Waals surface area contributed by atoms with E-state index in [0.717, 1.165) is 0 Å². The zero-order valence-corrected chi connectivity index (χ0v) is 10.1. The minimum atomic E-state index is -0.637. The molecule has 6 heteroatoms. The summed E-state index contributed by atoms with van der Waals surface area (Å²) in [7, 11) is 1.45. The number of thioether (sulfide) groups is 1. The molecule has 0 atom stereocenters. The summed E-state index contributed by atoms with van der Waals surface area (Å²) in [6.07, 6.45) is 1.42. The Morgan fingerprint density at radius 1 is 1.67 bits per heavy atom. The Bertz CT molecular complexity index is 294. The van der Waals surface area contributed by atoms with E-state index >= 15 is 0 Å². The Balaban J connectivity index is 4.67. The summed E-state index contributed by atoms with van der Waals surface area (Å²) in [6.45, 7) is 3.84. The first-order valence-corrected chi connectivity index (χ1v) is 5.58. The standard InChI is InChI=1S/C9H15N3O2S/c1-9(2,15-4)7(5-6-10)12-14-8(13)11-3/h5H2,1-4H3,(H,11,13). The van der Waals surface area contributed by atoms with Crippen molar-refractivity contribution in [2.24, 2.45) is 5.16 Å². The van der Waals surface area contributed by atoms with Gasteiger partial charge in [-0.3, -0.25) is 4.84 Å². The molecule has 1 amide bonds. The average molecular weight is 229 g/mol. The lowest BCUT2D eigenvalue weighted by Gasteiger charge is -2.21. The van der Waals surface area contributed by atoms with Crippen molar-refractivity contribution in [1.82, 2.24) is 5.32 Å². The third-order valence-electron chi connectivity index (χ3n) is 1.89. The predicted molar refractivity (Wildman–Crippen MR) is 60.8 cm³/mol. The zero-order valence-electron chi connectivity index (χ0n) is 9.33. The van der Waals surface area contributed by atoms with Crippen LogP contribution in [0.4, 0.5) is 4.79 Å². The molecule has 0 saturated heterocycles. The van der Waals surface area contributed by atoms with Crippen molar-refractivity contribution in [3.05, 3.63) is 0 Å². The van der Waals surface area contributed by atoms with Crippen molar-refractivity contribution in [2.45, 2.75) is 25.0 Å². The molecule has 5 nitrogen and oxygen atoms in total. The molecule has 0 bridgehead atoms. The summed E-state index contributed by atoms with van der Waals surface area (Å²) < 4.78 is -0.316. The molecule has 0 aliphatic rings. The maximum atomic E-state index is 10.8. The molecule has 0 aromatic carbocycles. The highest BCUT2D eigenvalue weighted by Crippen LogP contribution is 2.24. The number of hydrogen-bond acceptors (Lipinski definition) is 5. The van der Waals surface area contributed by atoms with E-state index in [1.807, 2.05) is 26.2 Å². The van der Waals surface area contributed by atoms with Gasteiger partial charge in [-0.1, -0.05) is 5.16 Å². The highest BCUT2D eigenvalue weighted by Gasteiger charge is 2.24. The Hall–Kier alpha value is -1.22. The van der Waals surface area contributed by atoms with Crippen molar-refractivity contribution in [3.63, 3.8) is 0 Å². The molecule has 0 aromatic rings. The van der Waals surface area contributed by atoms with Crippen molar-refractivity contribution >= 4 is 23.6 Å². The largest absolute Gasteiger partial charge is 0.433 e. The van der Waals surface area contributed by atoms with Crippen LogP contribution < -0.4 is 5.32 Å². The molecular formula is C9H15N3O2S. The number of carbonyl (C=O) groups excluding carboxylic acids is 1. The first kappa shape index (κ1) is 13.8. The van der Waals surface area contributed by atoms with Crippen LogP contribution in [0.5, 0.6) is 0 Å². The van der Waals surface area contributed by atoms with E-state index in [1.165, 1.54) is 7.05 Å². The second kappa shape index (κ2) is 6.30. The maximum absolute atomic E-state index is 10.8. The number of carbonyl (C=O) groups is 1. The molecule has 0 spiro atoms. The summed E-state index contributed by atoms with van der Waals surface area (Å²) in [5.74, 6) is 0. The second-order valence-corrected chi connectivity index (χ2v) is 4.64. The SMILES string of the molecule is CNC(=O)ON=C(CC#N)C(C)(C)SC. The van der Waals surface area contributed by atoms with Crippen molar-refractivity contribution < 1.29 is 9.63 Å². The zero-order chi connectivity index (χ0) is 11.9. The van der Waals surface area contributed by atoms with Gasteiger partial charge in [0.2, 0.25) is 0 Å². The molecule has 84 valence electrons. The minimum absolute atomic E-state index is 0.144. The summed E-state index contributed by atoms with van der Waals surface area (Å²) in [6, 6.07) is 1.99. The number of nitrogens with zero attached hydrogens (tertiary/aromatic N) is 2. The van der Waals surface area contributed by atoms with Crippen LogP contribution >= 0.6 is 11.8 Å². The summed E-state index contributed by atoms with van der Waals surface area (Å²) >= 11 is 1.54. The van der Waals surface area contributed by atoms with Gasteiger partial charge in [0.15, 0.2) is 0 Å². The lowest BCUT2D eigenvalue weighted by Crippen LogP contribution is -2.28. The van der Waals surface area contributed by atoms with Gasteiger partial charge in [-0.15, -0.1) is 0 Å². The van der Waals surface area contributed by atoms with Crippen LogP contribution in [0, 0.1) is 11.3 Å². The number of nitrogens with one attached hydrogen (secondary N) is 1. The molecular weight excluding hydrogens is 214 g/mol. The molecule has 0 aliphatic carbocycles. The van der Waals surface area contributed by atoms with Gasteiger partial charge in [0.05, 0.1) is 22.9 Å². The van der Waals surface area contributed by atoms with Gasteiger partial charge in [-0.05, 0) is 20.1 Å². The fourth-order valence-electron chi connectivity index (χ4n) is 0.690. The van der Waals surface area contributed by atoms with E-state index in [2.05, 4.69) is 15.3 Å². The Kier molecular flexibility index (Phi) is 5.79. The van der Waals surface area contributed by atoms with Gasteiger partial charge in [-0.2, -0.15) is 17.0 Å². The van der Waals surface area contributed by atoms with E-state index < -0.39 is 6.09 Å². The summed E-state index contributed by atoms with van der Waals surface area (Å²) in [5.41, 5.74) is 0.543. The quantitative estimate of drug-likeness (QED) is 0.453. The van der Waals surface area contributed by atoms with Crippen LogP contribution in [0.15, 0.2) is 5.16 Å². The van der Waals surface area contributed by atoms with Gasteiger partial charge < -0.3 is 5.32 Å². The van der Waals surface area contributed by atoms with Crippen LogP contribution in [0.2, 0.25) is 0 Å². The number of hydrogen-bond donors (Lipinski definition) is 1. The van der Waals surface area contributed by atoms with Crippen molar-refractivity contribution in [1.29, 1.82) is 5.26 Å². The fraction of sp³-hybridized carbons (Fsp3) is 0.667. The molecule has 0 radical (unpaired) electrons. The van der Waals surface area contributed by atoms with E-state index in [4.69, 9.17) is 5.26 Å². The van der Waals surface area contributed by atoms with E-state index in [1.54, 1.807) is 11.8 Å². The van der Waals surface area contributed by atoms with E-state index in [-0.39, 0.29) is 11.2 Å². The monoisotopic (exact) mass is 229 g/mol. The average Bonchev–Trinajstić information content (AvgIpc) is 2.23. The second-order valence-electron chi connectivity index (χ2n) is 3.22. The molecule has 0 saturated carbocycles. The lowest BCUT2D eigenvalue weighted by molar-refractivity contribution is 0.152. The fourth-order valence-corrected chi connectivity index (χ4v) is 1.04. The molecule has 0 rings (SSSR count). The molecule has 0 fully saturated rings. The summed E-state index contributed by atoms with van der Waals surface area (Å²) in [5, 5.41) is 14.6. The van der Waals surface area contributed by atoms with Gasteiger partial charge in [-0.25, -0.2) is 4.79 Å². The third-order valence-corrected chi connectivity index (χ3v) is 3.15. The number of nitriles is 1. The number of amides is 1. The number of oxime groups is 1. The van der Waals surface area contributed by atoms with Crippen LogP contribution in [0.25, 0.3) is 0 Å². The van der Waals surface area contributed by atoms with Crippen molar-refractivity contribution in [2.75, 3.05) is 13.3 Å². The molecule has 15 heavy (non-hydrogen) atoms. The molecule has 0 heterocycles. The molecule has 0 aromatic heterocycles. The normalized spacial score (nSPS) is 11.8. The lowest BCUT2D eigenvalue weighted by atomic mass is 10.1.